The van der Waals surface area contributed by atoms with Crippen LogP contribution < -0.4 is 0 Å². The van der Waals surface area contributed by atoms with Gasteiger partial charge in [-0.05, 0) is 63.4 Å². The molecule has 8 aromatic rings. The van der Waals surface area contributed by atoms with E-state index in [1.54, 1.807) is 0 Å². The number of benzene rings is 6. The molecule has 0 N–H and O–H groups in total. The third-order valence-electron chi connectivity index (χ3n) is 7.95. The first kappa shape index (κ1) is 25.7. The highest BCUT2D eigenvalue weighted by atomic mass is 15.0. The lowest BCUT2D eigenvalue weighted by Gasteiger charge is -2.12. The van der Waals surface area contributed by atoms with E-state index in [-0.39, 0.29) is 0 Å². The monoisotopic (exact) mass is 562 g/mol. The summed E-state index contributed by atoms with van der Waals surface area (Å²) in [5, 5.41) is 3.41. The molecule has 0 amide bonds. The first-order chi connectivity index (χ1) is 21.8. The third kappa shape index (κ3) is 4.89. The number of pyridine rings is 1. The molecule has 0 aliphatic carbocycles. The van der Waals surface area contributed by atoms with Crippen LogP contribution in [-0.2, 0) is 0 Å². The molecule has 0 saturated carbocycles. The predicted molar refractivity (Wildman–Crippen MR) is 180 cm³/mol. The van der Waals surface area contributed by atoms with E-state index in [0.717, 1.165) is 60.6 Å². The van der Waals surface area contributed by atoms with Gasteiger partial charge in [-0.2, -0.15) is 0 Å². The average molecular weight is 563 g/mol. The lowest BCUT2D eigenvalue weighted by Crippen LogP contribution is -2.01. The minimum Gasteiger partial charge on any atom is -0.256 e. The van der Waals surface area contributed by atoms with Gasteiger partial charge in [0.05, 0.1) is 5.52 Å². The number of hydrogen-bond donors (Lipinski definition) is 0. The van der Waals surface area contributed by atoms with Crippen molar-refractivity contribution in [2.24, 2.45) is 0 Å². The van der Waals surface area contributed by atoms with Crippen LogP contribution in [0.2, 0.25) is 0 Å². The summed E-state index contributed by atoms with van der Waals surface area (Å²) in [6, 6.07) is 52.3. The van der Waals surface area contributed by atoms with Crippen molar-refractivity contribution in [3.8, 4) is 56.4 Å². The van der Waals surface area contributed by atoms with Crippen LogP contribution in [-0.4, -0.2) is 19.9 Å². The van der Waals surface area contributed by atoms with E-state index in [1.807, 2.05) is 54.7 Å². The fourth-order valence-electron chi connectivity index (χ4n) is 5.71. The molecular formula is C40H26N4. The quantitative estimate of drug-likeness (QED) is 0.209. The van der Waals surface area contributed by atoms with Gasteiger partial charge in [-0.1, -0.05) is 121 Å². The van der Waals surface area contributed by atoms with Crippen molar-refractivity contribution in [1.29, 1.82) is 0 Å². The molecule has 2 aromatic heterocycles. The Hall–Kier alpha value is -6.00. The zero-order valence-electron chi connectivity index (χ0n) is 23.8. The number of hydrogen-bond acceptors (Lipinski definition) is 4. The number of aromatic nitrogens is 4. The number of nitrogens with zero attached hydrogens (tertiary/aromatic N) is 4. The molecule has 44 heavy (non-hydrogen) atoms. The fraction of sp³-hybridized carbons (Fsp3) is 0. The van der Waals surface area contributed by atoms with Crippen LogP contribution in [0, 0.1) is 0 Å². The summed E-state index contributed by atoms with van der Waals surface area (Å²) in [5.74, 6) is 1.93. The average Bonchev–Trinajstić information content (AvgIpc) is 3.11. The molecule has 0 atom stereocenters. The van der Waals surface area contributed by atoms with Crippen molar-refractivity contribution < 1.29 is 0 Å². The molecule has 206 valence electrons. The molecule has 0 unspecified atom stereocenters. The minimum absolute atomic E-state index is 0.640. The topological polar surface area (TPSA) is 51.6 Å². The van der Waals surface area contributed by atoms with Crippen molar-refractivity contribution in [3.63, 3.8) is 0 Å². The van der Waals surface area contributed by atoms with Crippen LogP contribution >= 0.6 is 0 Å². The summed E-state index contributed by atoms with van der Waals surface area (Å²) in [6.45, 7) is 0. The maximum Gasteiger partial charge on any atom is 0.164 e. The maximum atomic E-state index is 5.08. The SMILES string of the molecule is c1ccc(-c2nc(-c3ccc4ccc(-c5ccc6ncccc6c5)cc4c3)nc(-c3ccccc3-c3ccccc3)n2)cc1. The summed E-state index contributed by atoms with van der Waals surface area (Å²) >= 11 is 0. The van der Waals surface area contributed by atoms with Crippen LogP contribution in [0.4, 0.5) is 0 Å². The van der Waals surface area contributed by atoms with Crippen LogP contribution in [0.3, 0.4) is 0 Å². The standard InChI is InChI=1S/C40H26N4/c1-3-10-28(11-4-1)35-15-7-8-16-36(35)40-43-38(29-12-5-2-6-13-29)42-39(44-40)33-20-18-27-17-19-30(25-34(27)26-33)31-21-22-37-32(24-31)14-9-23-41-37/h1-26H. The van der Waals surface area contributed by atoms with E-state index >= 15 is 0 Å². The van der Waals surface area contributed by atoms with Gasteiger partial charge in [0.15, 0.2) is 17.5 Å². The van der Waals surface area contributed by atoms with Crippen molar-refractivity contribution in [2.45, 2.75) is 0 Å². The largest absolute Gasteiger partial charge is 0.256 e. The zero-order chi connectivity index (χ0) is 29.3. The Morgan fingerprint density at radius 3 is 1.66 bits per heavy atom. The molecule has 0 radical (unpaired) electrons. The van der Waals surface area contributed by atoms with E-state index in [0.29, 0.717) is 17.5 Å². The summed E-state index contributed by atoms with van der Waals surface area (Å²) in [6.07, 6.45) is 1.83. The second kappa shape index (κ2) is 11.0. The molecule has 6 aromatic carbocycles. The van der Waals surface area contributed by atoms with Crippen molar-refractivity contribution in [1.82, 2.24) is 19.9 Å². The molecular weight excluding hydrogens is 536 g/mol. The van der Waals surface area contributed by atoms with Gasteiger partial charge in [0.25, 0.3) is 0 Å². The predicted octanol–water partition coefficient (Wildman–Crippen LogP) is 9.91. The molecule has 0 bridgehead atoms. The molecule has 0 aliphatic heterocycles. The Morgan fingerprint density at radius 2 is 0.886 bits per heavy atom. The van der Waals surface area contributed by atoms with Gasteiger partial charge in [0.1, 0.15) is 0 Å². The molecule has 0 saturated heterocycles. The Morgan fingerprint density at radius 1 is 0.318 bits per heavy atom. The van der Waals surface area contributed by atoms with Crippen molar-refractivity contribution in [3.05, 3.63) is 158 Å². The highest BCUT2D eigenvalue weighted by Crippen LogP contribution is 2.34. The summed E-state index contributed by atoms with van der Waals surface area (Å²) in [5.41, 5.74) is 8.36. The van der Waals surface area contributed by atoms with Gasteiger partial charge < -0.3 is 0 Å². The van der Waals surface area contributed by atoms with Gasteiger partial charge in [-0.25, -0.2) is 15.0 Å². The molecule has 0 fully saturated rings. The first-order valence-electron chi connectivity index (χ1n) is 14.6. The van der Waals surface area contributed by atoms with Gasteiger partial charge in [0.2, 0.25) is 0 Å². The van der Waals surface area contributed by atoms with E-state index in [4.69, 9.17) is 15.0 Å². The molecule has 4 heteroatoms. The molecule has 0 spiro atoms. The smallest absolute Gasteiger partial charge is 0.164 e. The Balaban J connectivity index is 1.27. The summed E-state index contributed by atoms with van der Waals surface area (Å²) in [7, 11) is 0. The van der Waals surface area contributed by atoms with Crippen LogP contribution in [0.25, 0.3) is 78.1 Å². The van der Waals surface area contributed by atoms with E-state index in [2.05, 4.69) is 108 Å². The maximum absolute atomic E-state index is 5.08. The highest BCUT2D eigenvalue weighted by Gasteiger charge is 2.16. The van der Waals surface area contributed by atoms with Gasteiger partial charge in [-0.3, -0.25) is 4.98 Å². The molecule has 4 nitrogen and oxygen atoms in total. The van der Waals surface area contributed by atoms with E-state index in [9.17, 15) is 0 Å². The molecule has 8 rings (SSSR count). The Bertz CT molecular complexity index is 2280. The van der Waals surface area contributed by atoms with Crippen LogP contribution in [0.5, 0.6) is 0 Å². The molecule has 2 heterocycles. The summed E-state index contributed by atoms with van der Waals surface area (Å²) in [4.78, 5) is 19.5. The van der Waals surface area contributed by atoms with Crippen molar-refractivity contribution in [2.75, 3.05) is 0 Å². The Labute approximate surface area is 255 Å². The van der Waals surface area contributed by atoms with Crippen LogP contribution in [0.1, 0.15) is 0 Å². The second-order valence-electron chi connectivity index (χ2n) is 10.8. The van der Waals surface area contributed by atoms with Gasteiger partial charge in [0, 0.05) is 28.3 Å². The van der Waals surface area contributed by atoms with Crippen LogP contribution in [0.15, 0.2) is 158 Å². The minimum atomic E-state index is 0.640. The lowest BCUT2D eigenvalue weighted by molar-refractivity contribution is 1.07. The normalized spacial score (nSPS) is 11.2. The number of rotatable bonds is 5. The van der Waals surface area contributed by atoms with E-state index in [1.165, 1.54) is 0 Å². The Kier molecular flexibility index (Phi) is 6.43. The molecule has 0 aliphatic rings. The van der Waals surface area contributed by atoms with Crippen molar-refractivity contribution >= 4 is 21.7 Å². The summed E-state index contributed by atoms with van der Waals surface area (Å²) < 4.78 is 0. The first-order valence-corrected chi connectivity index (χ1v) is 14.6. The lowest BCUT2D eigenvalue weighted by atomic mass is 9.98. The van der Waals surface area contributed by atoms with Gasteiger partial charge >= 0.3 is 0 Å². The highest BCUT2D eigenvalue weighted by molar-refractivity contribution is 5.92. The van der Waals surface area contributed by atoms with E-state index < -0.39 is 0 Å². The second-order valence-corrected chi connectivity index (χ2v) is 10.8. The fourth-order valence-corrected chi connectivity index (χ4v) is 5.71. The number of fused-ring (bicyclic) bond motifs is 2. The van der Waals surface area contributed by atoms with Gasteiger partial charge in [-0.15, -0.1) is 0 Å². The zero-order valence-corrected chi connectivity index (χ0v) is 23.8. The third-order valence-corrected chi connectivity index (χ3v) is 7.95.